The molecule has 0 aliphatic carbocycles. The van der Waals surface area contributed by atoms with Crippen molar-refractivity contribution in [2.75, 3.05) is 26.3 Å². The lowest BCUT2D eigenvalue weighted by atomic mass is 10.1. The molecular weight excluding hydrogens is 394 g/mol. The van der Waals surface area contributed by atoms with Gasteiger partial charge < -0.3 is 14.2 Å². The van der Waals surface area contributed by atoms with Crippen LogP contribution < -0.4 is 0 Å². The second-order valence-electron chi connectivity index (χ2n) is 7.78. The average molecular weight is 417 g/mol. The van der Waals surface area contributed by atoms with Crippen LogP contribution in [0.2, 0.25) is 0 Å². The standard InChI is InChI=1S/C23H23N5O3/c1-14-21(15(2)31-27-14)20-12-17(5-6-24-20)22(29)23-25-18-4-3-16(11-19(18)26-23)13-28-7-9-30-10-8-28/h3-6,11-12H,7-10,13H2,1-2H3,(H,25,26). The Balaban J connectivity index is 1.41. The highest BCUT2D eigenvalue weighted by atomic mass is 16.5. The van der Waals surface area contributed by atoms with Gasteiger partial charge in [-0.1, -0.05) is 11.2 Å². The van der Waals surface area contributed by atoms with E-state index in [-0.39, 0.29) is 5.78 Å². The molecule has 1 aliphatic heterocycles. The number of aromatic amines is 1. The maximum Gasteiger partial charge on any atom is 0.228 e. The molecule has 1 aromatic carbocycles. The molecule has 0 spiro atoms. The number of hydrogen-bond acceptors (Lipinski definition) is 7. The molecule has 1 fully saturated rings. The summed E-state index contributed by atoms with van der Waals surface area (Å²) < 4.78 is 10.7. The van der Waals surface area contributed by atoms with Gasteiger partial charge in [0.1, 0.15) is 5.76 Å². The third-order valence-corrected chi connectivity index (χ3v) is 5.58. The van der Waals surface area contributed by atoms with Gasteiger partial charge in [-0.3, -0.25) is 14.7 Å². The lowest BCUT2D eigenvalue weighted by Gasteiger charge is -2.26. The zero-order valence-electron chi connectivity index (χ0n) is 17.5. The Hall–Kier alpha value is -3.36. The summed E-state index contributed by atoms with van der Waals surface area (Å²) in [5, 5.41) is 3.98. The van der Waals surface area contributed by atoms with Crippen LogP contribution in [0.5, 0.6) is 0 Å². The van der Waals surface area contributed by atoms with E-state index in [4.69, 9.17) is 9.26 Å². The normalized spacial score (nSPS) is 14.9. The number of fused-ring (bicyclic) bond motifs is 1. The van der Waals surface area contributed by atoms with Crippen LogP contribution in [-0.4, -0.2) is 57.1 Å². The summed E-state index contributed by atoms with van der Waals surface area (Å²) in [6, 6.07) is 9.55. The maximum atomic E-state index is 13.1. The van der Waals surface area contributed by atoms with E-state index in [2.05, 4.69) is 31.1 Å². The third-order valence-electron chi connectivity index (χ3n) is 5.58. The number of ketones is 1. The lowest BCUT2D eigenvalue weighted by molar-refractivity contribution is 0.0342. The zero-order chi connectivity index (χ0) is 21.4. The monoisotopic (exact) mass is 417 g/mol. The molecule has 3 aromatic heterocycles. The van der Waals surface area contributed by atoms with Crippen molar-refractivity contribution in [3.05, 3.63) is 64.9 Å². The number of imidazole rings is 1. The Kier molecular flexibility index (Phi) is 5.09. The van der Waals surface area contributed by atoms with Gasteiger partial charge >= 0.3 is 0 Å². The first-order valence-electron chi connectivity index (χ1n) is 10.3. The van der Waals surface area contributed by atoms with Gasteiger partial charge in [0.15, 0.2) is 5.82 Å². The molecule has 5 rings (SSSR count). The molecule has 158 valence electrons. The van der Waals surface area contributed by atoms with Crippen molar-refractivity contribution in [1.29, 1.82) is 0 Å². The van der Waals surface area contributed by atoms with E-state index in [0.717, 1.165) is 55.1 Å². The first kappa shape index (κ1) is 19.6. The summed E-state index contributed by atoms with van der Waals surface area (Å²) in [5.74, 6) is 0.807. The van der Waals surface area contributed by atoms with Gasteiger partial charge in [0.05, 0.1) is 41.2 Å². The highest BCUT2D eigenvalue weighted by Gasteiger charge is 2.18. The minimum Gasteiger partial charge on any atom is -0.379 e. The van der Waals surface area contributed by atoms with E-state index < -0.39 is 0 Å². The summed E-state index contributed by atoms with van der Waals surface area (Å²) in [7, 11) is 0. The van der Waals surface area contributed by atoms with Gasteiger partial charge in [0.2, 0.25) is 5.78 Å². The van der Waals surface area contributed by atoms with Gasteiger partial charge in [0.25, 0.3) is 0 Å². The summed E-state index contributed by atoms with van der Waals surface area (Å²) in [6.07, 6.45) is 1.62. The molecule has 0 bridgehead atoms. The Bertz CT molecular complexity index is 1230. The summed E-state index contributed by atoms with van der Waals surface area (Å²) in [6.45, 7) is 7.93. The lowest BCUT2D eigenvalue weighted by Crippen LogP contribution is -2.35. The van der Waals surface area contributed by atoms with Gasteiger partial charge in [-0.05, 0) is 43.7 Å². The number of benzene rings is 1. The Labute approximate surface area is 179 Å². The molecule has 0 atom stereocenters. The SMILES string of the molecule is Cc1noc(C)c1-c1cc(C(=O)c2nc3cc(CN4CCOCC4)ccc3[nH]2)ccn1. The number of aryl methyl sites for hydroxylation is 2. The molecule has 0 radical (unpaired) electrons. The van der Waals surface area contributed by atoms with E-state index in [1.54, 1.807) is 18.3 Å². The molecule has 4 aromatic rings. The van der Waals surface area contributed by atoms with Crippen molar-refractivity contribution in [2.24, 2.45) is 0 Å². The number of aromatic nitrogens is 4. The largest absolute Gasteiger partial charge is 0.379 e. The van der Waals surface area contributed by atoms with Crippen molar-refractivity contribution >= 4 is 16.8 Å². The molecule has 8 nitrogen and oxygen atoms in total. The minimum atomic E-state index is -0.179. The molecule has 1 aliphatic rings. The summed E-state index contributed by atoms with van der Waals surface area (Å²) in [4.78, 5) is 27.6. The van der Waals surface area contributed by atoms with E-state index in [1.807, 2.05) is 26.0 Å². The second kappa shape index (κ2) is 8.05. The van der Waals surface area contributed by atoms with E-state index in [1.165, 1.54) is 5.56 Å². The Morgan fingerprint density at radius 3 is 2.77 bits per heavy atom. The van der Waals surface area contributed by atoms with Crippen LogP contribution in [0, 0.1) is 13.8 Å². The molecule has 0 saturated carbocycles. The van der Waals surface area contributed by atoms with Gasteiger partial charge in [-0.25, -0.2) is 4.98 Å². The number of pyridine rings is 1. The third kappa shape index (κ3) is 3.87. The highest BCUT2D eigenvalue weighted by Crippen LogP contribution is 2.26. The van der Waals surface area contributed by atoms with Crippen LogP contribution in [-0.2, 0) is 11.3 Å². The predicted molar refractivity (Wildman–Crippen MR) is 115 cm³/mol. The van der Waals surface area contributed by atoms with Gasteiger partial charge in [-0.2, -0.15) is 0 Å². The van der Waals surface area contributed by atoms with Crippen LogP contribution in [0.15, 0.2) is 41.1 Å². The molecular formula is C23H23N5O3. The summed E-state index contributed by atoms with van der Waals surface area (Å²) in [5.41, 5.74) is 5.52. The average Bonchev–Trinajstić information content (AvgIpc) is 3.36. The van der Waals surface area contributed by atoms with Gasteiger partial charge in [-0.15, -0.1) is 0 Å². The molecule has 31 heavy (non-hydrogen) atoms. The number of rotatable bonds is 5. The molecule has 4 heterocycles. The fourth-order valence-electron chi connectivity index (χ4n) is 3.97. The van der Waals surface area contributed by atoms with Crippen LogP contribution in [0.1, 0.15) is 33.2 Å². The maximum absolute atomic E-state index is 13.1. The van der Waals surface area contributed by atoms with Crippen LogP contribution >= 0.6 is 0 Å². The smallest absolute Gasteiger partial charge is 0.228 e. The Morgan fingerprint density at radius 2 is 2.00 bits per heavy atom. The number of carbonyl (C=O) groups is 1. The van der Waals surface area contributed by atoms with Gasteiger partial charge in [0, 0.05) is 31.4 Å². The van der Waals surface area contributed by atoms with Crippen molar-refractivity contribution in [2.45, 2.75) is 20.4 Å². The van der Waals surface area contributed by atoms with E-state index in [0.29, 0.717) is 22.8 Å². The van der Waals surface area contributed by atoms with Crippen molar-refractivity contribution < 1.29 is 14.1 Å². The molecule has 1 saturated heterocycles. The van der Waals surface area contributed by atoms with E-state index >= 15 is 0 Å². The number of carbonyl (C=O) groups excluding carboxylic acids is 1. The molecule has 8 heteroatoms. The molecule has 1 N–H and O–H groups in total. The molecule has 0 amide bonds. The highest BCUT2D eigenvalue weighted by molar-refractivity contribution is 6.08. The minimum absolute atomic E-state index is 0.179. The molecule has 0 unspecified atom stereocenters. The van der Waals surface area contributed by atoms with Crippen molar-refractivity contribution in [3.8, 4) is 11.3 Å². The predicted octanol–water partition coefficient (Wildman–Crippen LogP) is 3.29. The fourth-order valence-corrected chi connectivity index (χ4v) is 3.97. The summed E-state index contributed by atoms with van der Waals surface area (Å²) >= 11 is 0. The number of nitrogens with one attached hydrogen (secondary N) is 1. The second-order valence-corrected chi connectivity index (χ2v) is 7.78. The Morgan fingerprint density at radius 1 is 1.16 bits per heavy atom. The fraction of sp³-hybridized carbons (Fsp3) is 0.304. The topological polar surface area (TPSA) is 97.1 Å². The first-order chi connectivity index (χ1) is 15.1. The van der Waals surface area contributed by atoms with Crippen LogP contribution in [0.4, 0.5) is 0 Å². The number of morpholine rings is 1. The number of ether oxygens (including phenoxy) is 1. The van der Waals surface area contributed by atoms with Crippen LogP contribution in [0.25, 0.3) is 22.3 Å². The number of H-pyrrole nitrogens is 1. The van der Waals surface area contributed by atoms with Crippen LogP contribution in [0.3, 0.4) is 0 Å². The quantitative estimate of drug-likeness (QED) is 0.498. The number of nitrogens with zero attached hydrogens (tertiary/aromatic N) is 4. The van der Waals surface area contributed by atoms with E-state index in [9.17, 15) is 4.79 Å². The van der Waals surface area contributed by atoms with Crippen molar-refractivity contribution in [3.63, 3.8) is 0 Å². The zero-order valence-corrected chi connectivity index (χ0v) is 17.5. The van der Waals surface area contributed by atoms with Crippen molar-refractivity contribution in [1.82, 2.24) is 25.0 Å². The first-order valence-corrected chi connectivity index (χ1v) is 10.3. The number of hydrogen-bond donors (Lipinski definition) is 1.